The van der Waals surface area contributed by atoms with E-state index in [2.05, 4.69) is 191 Å². The Labute approximate surface area is 437 Å². The lowest BCUT2D eigenvalue weighted by molar-refractivity contribution is 0.169. The summed E-state index contributed by atoms with van der Waals surface area (Å²) in [5, 5.41) is 17.5. The number of nitrogens with zero attached hydrogens (tertiary/aromatic N) is 1. The van der Waals surface area contributed by atoms with Gasteiger partial charge in [0.1, 0.15) is 0 Å². The molecule has 3 heteroatoms. The SMILES string of the molecule is C.CC(C)(C)C(C1CC1)C1CC1.CC(C)(C)C1(C2CC2)CC1.CC(C)(C)C1(c2cccnc2)CC1.CC(C)C(C)(C)C.CCC(CCO)C(C)(C)C.CCC(CCO)C(C)(C)C.CCCC(C)(C)C. The first-order valence-corrected chi connectivity index (χ1v) is 28.9. The summed E-state index contributed by atoms with van der Waals surface area (Å²) in [6.07, 6.45) is 25.6. The third kappa shape index (κ3) is 27.3. The fourth-order valence-electron chi connectivity index (χ4n) is 11.1. The first kappa shape index (κ1) is 70.1. The summed E-state index contributed by atoms with van der Waals surface area (Å²) in [7, 11) is 0. The second-order valence-electron chi connectivity index (χ2n) is 30.6. The molecule has 2 unspecified atom stereocenters. The standard InChI is InChI=1S/C12H17N.C11H20.C10H18.2C9H20O.2C7H16.CH4/c1-11(2,3)12(6-7-12)10-5-4-8-13-9-10;1-11(2,3)10(8-4-5-8)9-6-7-9;1-9(2,3)10(6-7-10)8-4-5-8;2*1-5-8(6-7-10)9(2,3)4;1-6(2)7(3,4)5;1-5-6-7(2,3)4;/h4-5,8-9H,6-7H2,1-3H3;8-10H,4-7H2,1-3H3;8H,4-7H2,1-3H3;2*8,10H,5-7H2,1-4H3;6H,1-5H3;5-6H2,1-4H3;1H4. The zero-order valence-corrected chi connectivity index (χ0v) is 51.4. The van der Waals surface area contributed by atoms with E-state index in [0.717, 1.165) is 47.8 Å². The molecule has 0 spiro atoms. The summed E-state index contributed by atoms with van der Waals surface area (Å²) < 4.78 is 0. The molecule has 0 radical (unpaired) electrons. The van der Waals surface area contributed by atoms with Gasteiger partial charge in [-0.15, -0.1) is 0 Å². The van der Waals surface area contributed by atoms with Crippen molar-refractivity contribution in [2.24, 2.45) is 84.7 Å². The van der Waals surface area contributed by atoms with Crippen molar-refractivity contribution in [3.63, 3.8) is 0 Å². The van der Waals surface area contributed by atoms with Crippen molar-refractivity contribution < 1.29 is 10.2 Å². The van der Waals surface area contributed by atoms with E-state index >= 15 is 0 Å². The maximum absolute atomic E-state index is 8.73. The molecule has 5 aliphatic rings. The normalized spacial score (nSPS) is 19.3. The number of aliphatic hydroxyl groups is 2. The quantitative estimate of drug-likeness (QED) is 0.232. The second-order valence-corrected chi connectivity index (χ2v) is 30.6. The number of hydrogen-bond donors (Lipinski definition) is 2. The van der Waals surface area contributed by atoms with Crippen molar-refractivity contribution in [1.29, 1.82) is 0 Å². The number of aromatic nitrogens is 1. The highest BCUT2D eigenvalue weighted by atomic mass is 16.3. The molecule has 0 bridgehead atoms. The fraction of sp³-hybridized carbons (Fsp3) is 0.924. The lowest BCUT2D eigenvalue weighted by Crippen LogP contribution is -2.26. The van der Waals surface area contributed by atoms with Crippen molar-refractivity contribution in [2.45, 2.75) is 296 Å². The molecule has 5 fully saturated rings. The van der Waals surface area contributed by atoms with Crippen LogP contribution in [0.2, 0.25) is 0 Å². The maximum Gasteiger partial charge on any atom is 0.0433 e. The molecular weight excluding hydrogens is 839 g/mol. The van der Waals surface area contributed by atoms with Crippen LogP contribution in [0.25, 0.3) is 0 Å². The third-order valence-electron chi connectivity index (χ3n) is 17.4. The Morgan fingerprint density at radius 2 is 0.957 bits per heavy atom. The van der Waals surface area contributed by atoms with E-state index in [0.29, 0.717) is 68.4 Å². The van der Waals surface area contributed by atoms with Crippen LogP contribution in [-0.4, -0.2) is 28.4 Å². The summed E-state index contributed by atoms with van der Waals surface area (Å²) in [5.74, 6) is 6.53. The van der Waals surface area contributed by atoms with E-state index in [1.807, 2.05) is 18.5 Å². The Bertz CT molecular complexity index is 1380. The van der Waals surface area contributed by atoms with Gasteiger partial charge >= 0.3 is 0 Å². The Hall–Kier alpha value is -0.930. The molecule has 3 nitrogen and oxygen atoms in total. The molecule has 1 heterocycles. The first-order chi connectivity index (χ1) is 30.8. The van der Waals surface area contributed by atoms with Crippen molar-refractivity contribution in [2.75, 3.05) is 13.2 Å². The average Bonchev–Trinajstić information content (AvgIpc) is 3.95. The number of hydrogen-bond acceptors (Lipinski definition) is 3. The Morgan fingerprint density at radius 1 is 0.565 bits per heavy atom. The van der Waals surface area contributed by atoms with Gasteiger partial charge < -0.3 is 10.2 Å². The van der Waals surface area contributed by atoms with Crippen LogP contribution in [-0.2, 0) is 5.41 Å². The van der Waals surface area contributed by atoms with Gasteiger partial charge in [0, 0.05) is 31.0 Å². The Balaban J connectivity index is 0. The molecule has 412 valence electrons. The molecule has 1 aromatic heterocycles. The van der Waals surface area contributed by atoms with E-state index in [-0.39, 0.29) is 7.43 Å². The minimum absolute atomic E-state index is 0. The molecular formula is C66H131NO2. The van der Waals surface area contributed by atoms with Gasteiger partial charge in [-0.2, -0.15) is 0 Å². The van der Waals surface area contributed by atoms with Gasteiger partial charge in [0.2, 0.25) is 0 Å². The summed E-state index contributed by atoms with van der Waals surface area (Å²) >= 11 is 0. The van der Waals surface area contributed by atoms with Gasteiger partial charge in [-0.05, 0) is 180 Å². The molecule has 2 atom stereocenters. The van der Waals surface area contributed by atoms with Crippen LogP contribution in [0, 0.1) is 84.7 Å². The lowest BCUT2D eigenvalue weighted by Gasteiger charge is -2.31. The van der Waals surface area contributed by atoms with Gasteiger partial charge in [-0.25, -0.2) is 0 Å². The van der Waals surface area contributed by atoms with Crippen LogP contribution in [0.4, 0.5) is 0 Å². The van der Waals surface area contributed by atoms with E-state index < -0.39 is 0 Å². The van der Waals surface area contributed by atoms with Gasteiger partial charge in [-0.1, -0.05) is 213 Å². The Kier molecular flexibility index (Phi) is 29.7. The van der Waals surface area contributed by atoms with E-state index in [9.17, 15) is 0 Å². The smallest absolute Gasteiger partial charge is 0.0433 e. The predicted molar refractivity (Wildman–Crippen MR) is 312 cm³/mol. The minimum Gasteiger partial charge on any atom is -0.396 e. The van der Waals surface area contributed by atoms with Crippen LogP contribution in [0.1, 0.15) is 296 Å². The van der Waals surface area contributed by atoms with Crippen molar-refractivity contribution >= 4 is 0 Å². The lowest BCUT2D eigenvalue weighted by atomic mass is 9.74. The molecule has 0 aliphatic heterocycles. The molecule has 2 N–H and O–H groups in total. The van der Waals surface area contributed by atoms with E-state index in [4.69, 9.17) is 10.2 Å². The van der Waals surface area contributed by atoms with Crippen molar-refractivity contribution in [3.8, 4) is 0 Å². The average molecular weight is 971 g/mol. The molecule has 0 amide bonds. The summed E-state index contributed by atoms with van der Waals surface area (Å²) in [6.45, 7) is 60.3. The fourth-order valence-corrected chi connectivity index (χ4v) is 11.1. The highest BCUT2D eigenvalue weighted by molar-refractivity contribution is 5.31. The third-order valence-corrected chi connectivity index (χ3v) is 17.4. The molecule has 69 heavy (non-hydrogen) atoms. The van der Waals surface area contributed by atoms with Crippen LogP contribution in [0.5, 0.6) is 0 Å². The van der Waals surface area contributed by atoms with E-state index in [1.54, 1.807) is 0 Å². The van der Waals surface area contributed by atoms with E-state index in [1.165, 1.54) is 95.5 Å². The van der Waals surface area contributed by atoms with Crippen LogP contribution >= 0.6 is 0 Å². The molecule has 5 aliphatic carbocycles. The second kappa shape index (κ2) is 29.2. The number of rotatable bonds is 11. The molecule has 5 saturated carbocycles. The highest BCUT2D eigenvalue weighted by Gasteiger charge is 2.60. The van der Waals surface area contributed by atoms with Crippen molar-refractivity contribution in [3.05, 3.63) is 30.1 Å². The maximum atomic E-state index is 8.73. The summed E-state index contributed by atoms with van der Waals surface area (Å²) in [4.78, 5) is 4.20. The number of pyridine rings is 1. The zero-order valence-electron chi connectivity index (χ0n) is 51.4. The molecule has 6 rings (SSSR count). The molecule has 0 aromatic carbocycles. The zero-order chi connectivity index (χ0) is 53.4. The predicted octanol–water partition coefficient (Wildman–Crippen LogP) is 20.9. The first-order valence-electron chi connectivity index (χ1n) is 28.9. The van der Waals surface area contributed by atoms with Crippen molar-refractivity contribution in [1.82, 2.24) is 4.98 Å². The topological polar surface area (TPSA) is 53.4 Å². The van der Waals surface area contributed by atoms with Crippen LogP contribution in [0.3, 0.4) is 0 Å². The van der Waals surface area contributed by atoms with Crippen LogP contribution in [0.15, 0.2) is 24.5 Å². The summed E-state index contributed by atoms with van der Waals surface area (Å²) in [6, 6.07) is 4.26. The largest absolute Gasteiger partial charge is 0.396 e. The molecule has 1 aromatic rings. The highest BCUT2D eigenvalue weighted by Crippen LogP contribution is 2.69. The summed E-state index contributed by atoms with van der Waals surface area (Å²) in [5.41, 5.74) is 5.95. The monoisotopic (exact) mass is 970 g/mol. The van der Waals surface area contributed by atoms with Gasteiger partial charge in [0.05, 0.1) is 0 Å². The van der Waals surface area contributed by atoms with Crippen LogP contribution < -0.4 is 0 Å². The molecule has 0 saturated heterocycles. The Morgan fingerprint density at radius 3 is 1.09 bits per heavy atom. The number of aliphatic hydroxyl groups excluding tert-OH is 2. The van der Waals surface area contributed by atoms with Gasteiger partial charge in [-0.3, -0.25) is 4.98 Å². The van der Waals surface area contributed by atoms with Gasteiger partial charge in [0.25, 0.3) is 0 Å². The minimum atomic E-state index is 0. The van der Waals surface area contributed by atoms with Gasteiger partial charge in [0.15, 0.2) is 0 Å².